The topological polar surface area (TPSA) is 61.3 Å². The number of ether oxygens (including phenoxy) is 1. The Morgan fingerprint density at radius 1 is 0.941 bits per heavy atom. The van der Waals surface area contributed by atoms with Crippen molar-refractivity contribution >= 4 is 0 Å². The lowest BCUT2D eigenvalue weighted by Crippen LogP contribution is -2.20. The number of nitrogens with two attached hydrogens (primary N) is 2. The molecule has 0 radical (unpaired) electrons. The fourth-order valence-electron chi connectivity index (χ4n) is 1.57. The molecule has 0 aliphatic heterocycles. The monoisotopic (exact) mass is 228 g/mol. The van der Waals surface area contributed by atoms with Crippen molar-refractivity contribution in [1.29, 1.82) is 0 Å². The Bertz CT molecular complexity index is 471. The molecule has 0 spiro atoms. The first-order valence-corrected chi connectivity index (χ1v) is 5.58. The Morgan fingerprint density at radius 3 is 2.35 bits per heavy atom. The van der Waals surface area contributed by atoms with Gasteiger partial charge in [0.15, 0.2) is 0 Å². The Morgan fingerprint density at radius 2 is 1.65 bits per heavy atom. The minimum Gasteiger partial charge on any atom is -0.457 e. The minimum atomic E-state index is -0.144. The molecule has 0 aliphatic rings. The van der Waals surface area contributed by atoms with Crippen molar-refractivity contribution in [3.8, 4) is 11.5 Å². The molecule has 88 valence electrons. The van der Waals surface area contributed by atoms with E-state index in [1.807, 2.05) is 54.6 Å². The highest BCUT2D eigenvalue weighted by Gasteiger charge is 2.04. The van der Waals surface area contributed by atoms with E-state index < -0.39 is 0 Å². The van der Waals surface area contributed by atoms with Crippen molar-refractivity contribution in [1.82, 2.24) is 0 Å². The molecule has 3 heteroatoms. The van der Waals surface area contributed by atoms with Gasteiger partial charge in [-0.05, 0) is 29.8 Å². The van der Waals surface area contributed by atoms with E-state index in [9.17, 15) is 0 Å². The third kappa shape index (κ3) is 3.06. The van der Waals surface area contributed by atoms with E-state index in [4.69, 9.17) is 16.2 Å². The van der Waals surface area contributed by atoms with Gasteiger partial charge < -0.3 is 16.2 Å². The smallest absolute Gasteiger partial charge is 0.127 e. The molecule has 1 atom stereocenters. The summed E-state index contributed by atoms with van der Waals surface area (Å²) < 4.78 is 5.72. The van der Waals surface area contributed by atoms with Gasteiger partial charge in [-0.25, -0.2) is 0 Å². The lowest BCUT2D eigenvalue weighted by atomic mass is 10.1. The maximum absolute atomic E-state index is 5.88. The van der Waals surface area contributed by atoms with Gasteiger partial charge in [-0.2, -0.15) is 0 Å². The molecular formula is C14H16N2O. The largest absolute Gasteiger partial charge is 0.457 e. The number of hydrogen-bond acceptors (Lipinski definition) is 3. The van der Waals surface area contributed by atoms with Crippen LogP contribution in [0.15, 0.2) is 54.6 Å². The van der Waals surface area contributed by atoms with Crippen LogP contribution in [0.1, 0.15) is 11.6 Å². The van der Waals surface area contributed by atoms with Gasteiger partial charge in [0.1, 0.15) is 11.5 Å². The average Bonchev–Trinajstić information content (AvgIpc) is 2.39. The second kappa shape index (κ2) is 5.48. The van der Waals surface area contributed by atoms with Crippen LogP contribution in [0.2, 0.25) is 0 Å². The zero-order chi connectivity index (χ0) is 12.1. The van der Waals surface area contributed by atoms with Crippen LogP contribution in [0.4, 0.5) is 0 Å². The van der Waals surface area contributed by atoms with E-state index in [0.29, 0.717) is 6.54 Å². The van der Waals surface area contributed by atoms with Crippen LogP contribution in [0.3, 0.4) is 0 Å². The van der Waals surface area contributed by atoms with Gasteiger partial charge in [-0.15, -0.1) is 0 Å². The van der Waals surface area contributed by atoms with Gasteiger partial charge in [0.05, 0.1) is 0 Å². The highest BCUT2D eigenvalue weighted by atomic mass is 16.5. The molecule has 0 saturated heterocycles. The lowest BCUT2D eigenvalue weighted by molar-refractivity contribution is 0.481. The minimum absolute atomic E-state index is 0.144. The molecule has 1 unspecified atom stereocenters. The van der Waals surface area contributed by atoms with Gasteiger partial charge in [-0.1, -0.05) is 30.3 Å². The maximum atomic E-state index is 5.88. The first kappa shape index (κ1) is 11.6. The van der Waals surface area contributed by atoms with Crippen LogP contribution in [-0.2, 0) is 0 Å². The number of rotatable bonds is 4. The summed E-state index contributed by atoms with van der Waals surface area (Å²) in [5.74, 6) is 1.59. The van der Waals surface area contributed by atoms with Crippen molar-refractivity contribution in [3.63, 3.8) is 0 Å². The Labute approximate surface area is 101 Å². The molecule has 0 heterocycles. The standard InChI is InChI=1S/C14H16N2O/c15-10-14(16)11-5-4-8-13(9-11)17-12-6-2-1-3-7-12/h1-9,14H,10,15-16H2. The molecule has 2 aromatic carbocycles. The molecule has 4 N–H and O–H groups in total. The zero-order valence-electron chi connectivity index (χ0n) is 9.54. The van der Waals surface area contributed by atoms with Gasteiger partial charge in [0.2, 0.25) is 0 Å². The molecule has 2 rings (SSSR count). The first-order valence-electron chi connectivity index (χ1n) is 5.58. The summed E-state index contributed by atoms with van der Waals surface area (Å²) in [4.78, 5) is 0. The average molecular weight is 228 g/mol. The summed E-state index contributed by atoms with van der Waals surface area (Å²) in [6, 6.07) is 17.2. The highest BCUT2D eigenvalue weighted by Crippen LogP contribution is 2.23. The molecule has 17 heavy (non-hydrogen) atoms. The Kier molecular flexibility index (Phi) is 3.75. The van der Waals surface area contributed by atoms with Gasteiger partial charge in [-0.3, -0.25) is 0 Å². The zero-order valence-corrected chi connectivity index (χ0v) is 9.54. The summed E-state index contributed by atoms with van der Waals surface area (Å²) in [7, 11) is 0. The molecule has 0 fully saturated rings. The molecule has 0 aliphatic carbocycles. The molecular weight excluding hydrogens is 212 g/mol. The van der Waals surface area contributed by atoms with E-state index in [0.717, 1.165) is 17.1 Å². The SMILES string of the molecule is NCC(N)c1cccc(Oc2ccccc2)c1. The molecule has 0 saturated carbocycles. The fourth-order valence-corrected chi connectivity index (χ4v) is 1.57. The molecule has 2 aromatic rings. The van der Waals surface area contributed by atoms with E-state index in [1.54, 1.807) is 0 Å². The Balaban J connectivity index is 2.17. The van der Waals surface area contributed by atoms with Crippen molar-refractivity contribution < 1.29 is 4.74 Å². The summed E-state index contributed by atoms with van der Waals surface area (Å²) in [5, 5.41) is 0. The quantitative estimate of drug-likeness (QED) is 0.844. The first-order chi connectivity index (χ1) is 8.29. The summed E-state index contributed by atoms with van der Waals surface area (Å²) in [6.45, 7) is 0.425. The third-order valence-electron chi connectivity index (χ3n) is 2.52. The number of hydrogen-bond donors (Lipinski definition) is 2. The predicted octanol–water partition coefficient (Wildman–Crippen LogP) is 2.44. The number of para-hydroxylation sites is 1. The van der Waals surface area contributed by atoms with Crippen molar-refractivity contribution in [3.05, 3.63) is 60.2 Å². The predicted molar refractivity (Wildman–Crippen MR) is 68.9 cm³/mol. The molecule has 3 nitrogen and oxygen atoms in total. The normalized spacial score (nSPS) is 12.1. The van der Waals surface area contributed by atoms with E-state index in [1.165, 1.54) is 0 Å². The van der Waals surface area contributed by atoms with Crippen LogP contribution in [0.5, 0.6) is 11.5 Å². The van der Waals surface area contributed by atoms with E-state index in [2.05, 4.69) is 0 Å². The van der Waals surface area contributed by atoms with Crippen LogP contribution in [-0.4, -0.2) is 6.54 Å². The van der Waals surface area contributed by atoms with E-state index >= 15 is 0 Å². The summed E-state index contributed by atoms with van der Waals surface area (Å²) in [6.07, 6.45) is 0. The van der Waals surface area contributed by atoms with Crippen LogP contribution in [0, 0.1) is 0 Å². The van der Waals surface area contributed by atoms with E-state index in [-0.39, 0.29) is 6.04 Å². The second-order valence-corrected chi connectivity index (χ2v) is 3.83. The molecule has 0 bridgehead atoms. The molecule has 0 amide bonds. The van der Waals surface area contributed by atoms with Crippen molar-refractivity contribution in [2.45, 2.75) is 6.04 Å². The summed E-state index contributed by atoms with van der Waals surface area (Å²) >= 11 is 0. The van der Waals surface area contributed by atoms with Gasteiger partial charge >= 0.3 is 0 Å². The fraction of sp³-hybridized carbons (Fsp3) is 0.143. The van der Waals surface area contributed by atoms with Crippen molar-refractivity contribution in [2.75, 3.05) is 6.54 Å². The summed E-state index contributed by atoms with van der Waals surface area (Å²) in [5.41, 5.74) is 12.4. The molecule has 0 aromatic heterocycles. The Hall–Kier alpha value is -1.84. The van der Waals surface area contributed by atoms with Gasteiger partial charge in [0, 0.05) is 12.6 Å². The lowest BCUT2D eigenvalue weighted by Gasteiger charge is -2.11. The van der Waals surface area contributed by atoms with Gasteiger partial charge in [0.25, 0.3) is 0 Å². The van der Waals surface area contributed by atoms with Crippen LogP contribution >= 0.6 is 0 Å². The van der Waals surface area contributed by atoms with Crippen LogP contribution < -0.4 is 16.2 Å². The maximum Gasteiger partial charge on any atom is 0.127 e. The highest BCUT2D eigenvalue weighted by molar-refractivity contribution is 5.35. The second-order valence-electron chi connectivity index (χ2n) is 3.83. The third-order valence-corrected chi connectivity index (χ3v) is 2.52. The number of benzene rings is 2. The van der Waals surface area contributed by atoms with Crippen molar-refractivity contribution in [2.24, 2.45) is 11.5 Å². The van der Waals surface area contributed by atoms with Crippen LogP contribution in [0.25, 0.3) is 0 Å².